The van der Waals surface area contributed by atoms with Crippen molar-refractivity contribution in [3.8, 4) is 0 Å². The highest BCUT2D eigenvalue weighted by Gasteiger charge is 2.13. The topological polar surface area (TPSA) is 49.3 Å². The van der Waals surface area contributed by atoms with Gasteiger partial charge < -0.3 is 10.4 Å². The van der Waals surface area contributed by atoms with E-state index in [1.807, 2.05) is 37.3 Å². The molecule has 1 unspecified atom stereocenters. The van der Waals surface area contributed by atoms with E-state index in [0.717, 1.165) is 5.56 Å². The van der Waals surface area contributed by atoms with Crippen molar-refractivity contribution in [3.63, 3.8) is 0 Å². The minimum atomic E-state index is -0.616. The number of halogens is 1. The van der Waals surface area contributed by atoms with Gasteiger partial charge in [0, 0.05) is 16.3 Å². The van der Waals surface area contributed by atoms with Crippen LogP contribution in [0.15, 0.2) is 48.5 Å². The first-order valence-electron chi connectivity index (χ1n) is 6.91. The smallest absolute Gasteiger partial charge is 0.228 e. The minimum Gasteiger partial charge on any atom is -0.388 e. The van der Waals surface area contributed by atoms with E-state index in [9.17, 15) is 9.90 Å². The van der Waals surface area contributed by atoms with Gasteiger partial charge in [-0.05, 0) is 24.1 Å². The van der Waals surface area contributed by atoms with Crippen molar-refractivity contribution < 1.29 is 9.90 Å². The van der Waals surface area contributed by atoms with E-state index in [-0.39, 0.29) is 12.3 Å². The van der Waals surface area contributed by atoms with Crippen LogP contribution >= 0.6 is 11.6 Å². The molecule has 2 aromatic rings. The Labute approximate surface area is 129 Å². The lowest BCUT2D eigenvalue weighted by Crippen LogP contribution is -2.16. The standard InChI is InChI=1S/C17H18ClNO2/c1-2-16(20)14-9-8-13(18)11-15(14)19-17(21)10-12-6-4-3-5-7-12/h3-9,11,16,20H,2,10H2,1H3,(H,19,21). The summed E-state index contributed by atoms with van der Waals surface area (Å²) in [6.07, 6.45) is 0.243. The molecule has 4 heteroatoms. The van der Waals surface area contributed by atoms with Crippen LogP contribution in [0.2, 0.25) is 5.02 Å². The summed E-state index contributed by atoms with van der Waals surface area (Å²) in [6.45, 7) is 1.88. The van der Waals surface area contributed by atoms with E-state index < -0.39 is 6.10 Å². The molecule has 1 atom stereocenters. The van der Waals surface area contributed by atoms with E-state index in [1.54, 1.807) is 18.2 Å². The van der Waals surface area contributed by atoms with Crippen LogP contribution < -0.4 is 5.32 Å². The van der Waals surface area contributed by atoms with Gasteiger partial charge in [0.05, 0.1) is 12.5 Å². The number of nitrogens with one attached hydrogen (secondary N) is 1. The van der Waals surface area contributed by atoms with Crippen LogP contribution in [0.4, 0.5) is 5.69 Å². The molecule has 21 heavy (non-hydrogen) atoms. The van der Waals surface area contributed by atoms with Crippen LogP contribution in [0, 0.1) is 0 Å². The van der Waals surface area contributed by atoms with Crippen molar-refractivity contribution in [1.29, 1.82) is 0 Å². The van der Waals surface area contributed by atoms with Crippen molar-refractivity contribution in [2.24, 2.45) is 0 Å². The fourth-order valence-electron chi connectivity index (χ4n) is 2.12. The van der Waals surface area contributed by atoms with Gasteiger partial charge in [0.25, 0.3) is 0 Å². The first kappa shape index (κ1) is 15.5. The van der Waals surface area contributed by atoms with Gasteiger partial charge in [0.15, 0.2) is 0 Å². The van der Waals surface area contributed by atoms with E-state index in [1.165, 1.54) is 0 Å². The average molecular weight is 304 g/mol. The summed E-state index contributed by atoms with van der Waals surface area (Å²) in [5.41, 5.74) is 2.19. The van der Waals surface area contributed by atoms with Gasteiger partial charge in [-0.1, -0.05) is 54.9 Å². The van der Waals surface area contributed by atoms with Gasteiger partial charge in [-0.25, -0.2) is 0 Å². The van der Waals surface area contributed by atoms with E-state index in [4.69, 9.17) is 11.6 Å². The second kappa shape index (κ2) is 7.25. The minimum absolute atomic E-state index is 0.131. The lowest BCUT2D eigenvalue weighted by atomic mass is 10.0. The second-order valence-electron chi connectivity index (χ2n) is 4.87. The molecule has 0 spiro atoms. The Bertz CT molecular complexity index is 613. The van der Waals surface area contributed by atoms with Crippen molar-refractivity contribution in [2.75, 3.05) is 5.32 Å². The van der Waals surface area contributed by atoms with Crippen molar-refractivity contribution >= 4 is 23.2 Å². The maximum absolute atomic E-state index is 12.1. The molecule has 0 aliphatic carbocycles. The van der Waals surface area contributed by atoms with Gasteiger partial charge in [-0.15, -0.1) is 0 Å². The number of amides is 1. The Morgan fingerprint density at radius 3 is 2.62 bits per heavy atom. The van der Waals surface area contributed by atoms with Gasteiger partial charge in [-0.2, -0.15) is 0 Å². The number of carbonyl (C=O) groups excluding carboxylic acids is 1. The molecule has 3 nitrogen and oxygen atoms in total. The second-order valence-corrected chi connectivity index (χ2v) is 5.30. The van der Waals surface area contributed by atoms with E-state index >= 15 is 0 Å². The highest BCUT2D eigenvalue weighted by Crippen LogP contribution is 2.28. The number of aliphatic hydroxyl groups excluding tert-OH is 1. The van der Waals surface area contributed by atoms with Crippen molar-refractivity contribution in [1.82, 2.24) is 0 Å². The first-order chi connectivity index (χ1) is 10.1. The van der Waals surface area contributed by atoms with Crippen LogP contribution in [0.1, 0.15) is 30.6 Å². The Balaban J connectivity index is 2.15. The molecule has 0 saturated heterocycles. The third-order valence-corrected chi connectivity index (χ3v) is 3.48. The van der Waals surface area contributed by atoms with Crippen LogP contribution in [0.5, 0.6) is 0 Å². The molecule has 0 aliphatic heterocycles. The van der Waals surface area contributed by atoms with Crippen LogP contribution in [0.25, 0.3) is 0 Å². The third kappa shape index (κ3) is 4.31. The molecular weight excluding hydrogens is 286 g/mol. The van der Waals surface area contributed by atoms with Gasteiger partial charge in [-0.3, -0.25) is 4.79 Å². The predicted octanol–water partition coefficient (Wildman–Crippen LogP) is 3.96. The first-order valence-corrected chi connectivity index (χ1v) is 7.29. The Kier molecular flexibility index (Phi) is 5.37. The Morgan fingerprint density at radius 2 is 1.95 bits per heavy atom. The fraction of sp³-hybridized carbons (Fsp3) is 0.235. The number of aliphatic hydroxyl groups is 1. The monoisotopic (exact) mass is 303 g/mol. The van der Waals surface area contributed by atoms with Gasteiger partial charge in [0.1, 0.15) is 0 Å². The molecule has 0 fully saturated rings. The molecule has 2 N–H and O–H groups in total. The van der Waals surface area contributed by atoms with Gasteiger partial charge in [0.2, 0.25) is 5.91 Å². The number of rotatable bonds is 5. The summed E-state index contributed by atoms with van der Waals surface area (Å²) < 4.78 is 0. The zero-order chi connectivity index (χ0) is 15.2. The highest BCUT2D eigenvalue weighted by atomic mass is 35.5. The number of hydrogen-bond donors (Lipinski definition) is 2. The molecule has 0 aromatic heterocycles. The zero-order valence-corrected chi connectivity index (χ0v) is 12.6. The van der Waals surface area contributed by atoms with Crippen molar-refractivity contribution in [2.45, 2.75) is 25.9 Å². The predicted molar refractivity (Wildman–Crippen MR) is 85.5 cm³/mol. The molecular formula is C17H18ClNO2. The molecule has 0 saturated carbocycles. The fourth-order valence-corrected chi connectivity index (χ4v) is 2.29. The molecule has 0 heterocycles. The quantitative estimate of drug-likeness (QED) is 0.878. The summed E-state index contributed by atoms with van der Waals surface area (Å²) in [4.78, 5) is 12.1. The largest absolute Gasteiger partial charge is 0.388 e. The number of anilines is 1. The van der Waals surface area contributed by atoms with Crippen LogP contribution in [0.3, 0.4) is 0 Å². The van der Waals surface area contributed by atoms with E-state index in [0.29, 0.717) is 22.7 Å². The van der Waals surface area contributed by atoms with E-state index in [2.05, 4.69) is 5.32 Å². The molecule has 0 bridgehead atoms. The molecule has 110 valence electrons. The number of hydrogen-bond acceptors (Lipinski definition) is 2. The third-order valence-electron chi connectivity index (χ3n) is 3.24. The molecule has 1 amide bonds. The maximum atomic E-state index is 12.1. The number of carbonyl (C=O) groups is 1. The number of benzene rings is 2. The van der Waals surface area contributed by atoms with Gasteiger partial charge >= 0.3 is 0 Å². The summed E-state index contributed by atoms with van der Waals surface area (Å²) in [5, 5.41) is 13.4. The Morgan fingerprint density at radius 1 is 1.24 bits per heavy atom. The Hall–Kier alpha value is -1.84. The average Bonchev–Trinajstić information content (AvgIpc) is 2.47. The lowest BCUT2D eigenvalue weighted by Gasteiger charge is -2.15. The molecule has 0 aliphatic rings. The summed E-state index contributed by atoms with van der Waals surface area (Å²) in [5.74, 6) is -0.131. The van der Waals surface area contributed by atoms with Crippen LogP contribution in [-0.2, 0) is 11.2 Å². The summed E-state index contributed by atoms with van der Waals surface area (Å²) >= 11 is 5.98. The highest BCUT2D eigenvalue weighted by molar-refractivity contribution is 6.31. The van der Waals surface area contributed by atoms with Crippen LogP contribution in [-0.4, -0.2) is 11.0 Å². The summed E-state index contributed by atoms with van der Waals surface area (Å²) in [7, 11) is 0. The molecule has 0 radical (unpaired) electrons. The summed E-state index contributed by atoms with van der Waals surface area (Å²) in [6, 6.07) is 14.6. The SMILES string of the molecule is CCC(O)c1ccc(Cl)cc1NC(=O)Cc1ccccc1. The van der Waals surface area contributed by atoms with Crippen molar-refractivity contribution in [3.05, 3.63) is 64.7 Å². The zero-order valence-electron chi connectivity index (χ0n) is 11.8. The maximum Gasteiger partial charge on any atom is 0.228 e. The normalized spacial score (nSPS) is 12.0. The molecule has 2 rings (SSSR count). The lowest BCUT2D eigenvalue weighted by molar-refractivity contribution is -0.115. The molecule has 2 aromatic carbocycles.